The van der Waals surface area contributed by atoms with Gasteiger partial charge in [0.2, 0.25) is 0 Å². The van der Waals surface area contributed by atoms with Crippen molar-refractivity contribution in [1.29, 1.82) is 0 Å². The van der Waals surface area contributed by atoms with Crippen molar-refractivity contribution in [2.75, 3.05) is 0 Å². The number of carboxylic acids is 2. The lowest BCUT2D eigenvalue weighted by molar-refractivity contribution is -0.154. The Labute approximate surface area is 191 Å². The highest BCUT2D eigenvalue weighted by atomic mass is 16.4. The van der Waals surface area contributed by atoms with Crippen LogP contribution in [0.3, 0.4) is 0 Å². The van der Waals surface area contributed by atoms with E-state index in [2.05, 4.69) is 0 Å². The Morgan fingerprint density at radius 2 is 0.853 bits per heavy atom. The van der Waals surface area contributed by atoms with Gasteiger partial charge in [0.1, 0.15) is 11.1 Å². The smallest absolute Gasteiger partial charge is 0.330 e. The molecule has 10 nitrogen and oxygen atoms in total. The van der Waals surface area contributed by atoms with Crippen molar-refractivity contribution < 1.29 is 39.0 Å². The van der Waals surface area contributed by atoms with E-state index in [1.807, 2.05) is 0 Å². The predicted molar refractivity (Wildman–Crippen MR) is 113 cm³/mol. The van der Waals surface area contributed by atoms with Gasteiger partial charge in [0, 0.05) is 33.0 Å². The van der Waals surface area contributed by atoms with Crippen molar-refractivity contribution in [3.8, 4) is 0 Å². The monoisotopic (exact) mass is 462 g/mol. The number of carboxylic acid groups (broad SMARTS) is 2. The highest BCUT2D eigenvalue weighted by Gasteiger charge is 2.58. The van der Waals surface area contributed by atoms with Crippen LogP contribution < -0.4 is 0 Å². The number of benzene rings is 2. The van der Waals surface area contributed by atoms with Crippen LogP contribution in [-0.4, -0.2) is 66.7 Å². The van der Waals surface area contributed by atoms with Crippen LogP contribution in [0.25, 0.3) is 10.8 Å². The average Bonchev–Trinajstić information content (AvgIpc) is 2.73. The number of hydrogen-bond donors (Lipinski definition) is 2. The van der Waals surface area contributed by atoms with E-state index >= 15 is 0 Å². The van der Waals surface area contributed by atoms with Crippen molar-refractivity contribution >= 4 is 46.3 Å². The molecule has 10 heteroatoms. The maximum atomic E-state index is 13.4. The van der Waals surface area contributed by atoms with Crippen LogP contribution in [0.15, 0.2) is 24.3 Å². The van der Waals surface area contributed by atoms with Gasteiger partial charge in [-0.2, -0.15) is 0 Å². The Morgan fingerprint density at radius 1 is 0.588 bits per heavy atom. The van der Waals surface area contributed by atoms with Gasteiger partial charge in [-0.3, -0.25) is 29.0 Å². The molecule has 2 fully saturated rings. The fraction of sp³-hybridized carbons (Fsp3) is 0.333. The first-order valence-electron chi connectivity index (χ1n) is 11.0. The number of amides is 4. The molecule has 0 atom stereocenters. The standard InChI is InChI=1S/C24H18N2O8/c27-17-11-3-5-13-16-14(20(30)26(19(13)29)24(22(33)34)9-2-10-24)6-4-12(15(11)16)18(28)25(17)23(21(31)32)7-1-8-23/h3-6H,1-2,7-10H2,(H,31,32)(H,33,34). The summed E-state index contributed by atoms with van der Waals surface area (Å²) in [7, 11) is 0. The van der Waals surface area contributed by atoms with Gasteiger partial charge in [0.15, 0.2) is 0 Å². The van der Waals surface area contributed by atoms with Crippen LogP contribution in [0.4, 0.5) is 0 Å². The molecular formula is C24H18N2O8. The zero-order valence-corrected chi connectivity index (χ0v) is 17.8. The molecule has 2 aromatic carbocycles. The first-order valence-corrected chi connectivity index (χ1v) is 11.0. The first kappa shape index (κ1) is 20.5. The molecule has 172 valence electrons. The minimum absolute atomic E-state index is 0.0355. The van der Waals surface area contributed by atoms with Crippen LogP contribution in [0.2, 0.25) is 0 Å². The molecular weight excluding hydrogens is 444 g/mol. The van der Waals surface area contributed by atoms with E-state index < -0.39 is 46.6 Å². The SMILES string of the molecule is O=C1c2ccc3c4c(ccc(c24)C(=O)N1C1(C(=O)O)CCC1)C(=O)N(C1(C(=O)O)CCC1)C3=O. The Morgan fingerprint density at radius 3 is 1.03 bits per heavy atom. The molecule has 2 saturated carbocycles. The van der Waals surface area contributed by atoms with Gasteiger partial charge in [-0.05, 0) is 62.8 Å². The number of hydrogen-bond acceptors (Lipinski definition) is 6. The minimum atomic E-state index is -1.62. The number of carbonyl (C=O) groups is 6. The van der Waals surface area contributed by atoms with Gasteiger partial charge in [-0.15, -0.1) is 0 Å². The van der Waals surface area contributed by atoms with Gasteiger partial charge in [0.05, 0.1) is 0 Å². The third kappa shape index (κ3) is 2.11. The van der Waals surface area contributed by atoms with Crippen molar-refractivity contribution in [3.05, 3.63) is 46.5 Å². The lowest BCUT2D eigenvalue weighted by Gasteiger charge is -2.48. The minimum Gasteiger partial charge on any atom is -0.479 e. The second-order valence-corrected chi connectivity index (χ2v) is 9.34. The summed E-state index contributed by atoms with van der Waals surface area (Å²) in [5, 5.41) is 19.9. The molecule has 4 aliphatic rings. The maximum Gasteiger partial charge on any atom is 0.330 e. The quantitative estimate of drug-likeness (QED) is 0.656. The summed E-state index contributed by atoms with van der Waals surface area (Å²) in [6.45, 7) is 0. The summed E-state index contributed by atoms with van der Waals surface area (Å²) in [6, 6.07) is 5.39. The fourth-order valence-corrected chi connectivity index (χ4v) is 5.74. The zero-order chi connectivity index (χ0) is 24.2. The summed E-state index contributed by atoms with van der Waals surface area (Å²) in [5.41, 5.74) is -3.09. The number of carbonyl (C=O) groups excluding carboxylic acids is 4. The highest BCUT2D eigenvalue weighted by Crippen LogP contribution is 2.47. The topological polar surface area (TPSA) is 149 Å². The highest BCUT2D eigenvalue weighted by molar-refractivity contribution is 6.34. The third-order valence-corrected chi connectivity index (χ3v) is 7.91. The average molecular weight is 462 g/mol. The molecule has 0 radical (unpaired) electrons. The summed E-state index contributed by atoms with van der Waals surface area (Å²) in [5.74, 6) is -5.65. The summed E-state index contributed by atoms with van der Waals surface area (Å²) in [4.78, 5) is 79.3. The Bertz CT molecular complexity index is 1240. The van der Waals surface area contributed by atoms with Crippen LogP contribution in [0, 0.1) is 0 Å². The molecule has 4 amide bonds. The Kier molecular flexibility index (Phi) is 3.79. The second-order valence-electron chi connectivity index (χ2n) is 9.34. The lowest BCUT2D eigenvalue weighted by Crippen LogP contribution is -2.65. The van der Waals surface area contributed by atoms with Gasteiger partial charge >= 0.3 is 11.9 Å². The molecule has 34 heavy (non-hydrogen) atoms. The second kappa shape index (κ2) is 6.28. The molecule has 2 aromatic rings. The fourth-order valence-electron chi connectivity index (χ4n) is 5.74. The van der Waals surface area contributed by atoms with E-state index in [1.54, 1.807) is 0 Å². The van der Waals surface area contributed by atoms with Crippen molar-refractivity contribution in [3.63, 3.8) is 0 Å². The molecule has 2 aliphatic carbocycles. The molecule has 0 unspecified atom stereocenters. The lowest BCUT2D eigenvalue weighted by atomic mass is 9.72. The Hall–Kier alpha value is -4.08. The van der Waals surface area contributed by atoms with E-state index in [-0.39, 0.29) is 58.7 Å². The molecule has 0 saturated heterocycles. The largest absolute Gasteiger partial charge is 0.479 e. The number of nitrogens with zero attached hydrogens (tertiary/aromatic N) is 2. The van der Waals surface area contributed by atoms with Crippen molar-refractivity contribution in [1.82, 2.24) is 9.80 Å². The summed E-state index contributed by atoms with van der Waals surface area (Å²) < 4.78 is 0. The van der Waals surface area contributed by atoms with Crippen LogP contribution in [0.1, 0.15) is 80.0 Å². The van der Waals surface area contributed by atoms with Crippen molar-refractivity contribution in [2.45, 2.75) is 49.6 Å². The molecule has 6 rings (SSSR count). The van der Waals surface area contributed by atoms with Crippen LogP contribution >= 0.6 is 0 Å². The molecule has 0 bridgehead atoms. The number of aliphatic carboxylic acids is 2. The summed E-state index contributed by atoms with van der Waals surface area (Å²) >= 11 is 0. The van der Waals surface area contributed by atoms with Crippen LogP contribution in [-0.2, 0) is 9.59 Å². The van der Waals surface area contributed by atoms with E-state index in [9.17, 15) is 39.0 Å². The normalized spacial score (nSPS) is 21.9. The first-order chi connectivity index (χ1) is 16.2. The molecule has 2 aliphatic heterocycles. The van der Waals surface area contributed by atoms with Gasteiger partial charge < -0.3 is 10.2 Å². The molecule has 0 spiro atoms. The molecule has 0 aromatic heterocycles. The van der Waals surface area contributed by atoms with Crippen LogP contribution in [0.5, 0.6) is 0 Å². The number of rotatable bonds is 4. The van der Waals surface area contributed by atoms with Gasteiger partial charge in [-0.1, -0.05) is 0 Å². The van der Waals surface area contributed by atoms with Gasteiger partial charge in [-0.25, -0.2) is 9.59 Å². The van der Waals surface area contributed by atoms with E-state index in [0.717, 1.165) is 9.80 Å². The maximum absolute atomic E-state index is 13.4. The molecule has 2 heterocycles. The third-order valence-electron chi connectivity index (χ3n) is 7.91. The van der Waals surface area contributed by atoms with Gasteiger partial charge in [0.25, 0.3) is 23.6 Å². The number of imide groups is 2. The molecule has 2 N–H and O–H groups in total. The zero-order valence-electron chi connectivity index (χ0n) is 17.8. The van der Waals surface area contributed by atoms with E-state index in [0.29, 0.717) is 12.8 Å². The predicted octanol–water partition coefficient (Wildman–Crippen LogP) is 2.05. The van der Waals surface area contributed by atoms with E-state index in [1.165, 1.54) is 24.3 Å². The summed E-state index contributed by atoms with van der Waals surface area (Å²) in [6.07, 6.45) is 1.73. The Balaban J connectivity index is 1.57. The van der Waals surface area contributed by atoms with E-state index in [4.69, 9.17) is 0 Å². The van der Waals surface area contributed by atoms with Crippen molar-refractivity contribution in [2.24, 2.45) is 0 Å².